The smallest absolute Gasteiger partial charge is 0.0191 e. The Labute approximate surface area is 210 Å². The van der Waals surface area contributed by atoms with E-state index in [1.807, 2.05) is 0 Å². The van der Waals surface area contributed by atoms with E-state index >= 15 is 0 Å². The molecule has 0 atom stereocenters. The fourth-order valence-electron chi connectivity index (χ4n) is 4.68. The van der Waals surface area contributed by atoms with E-state index < -0.39 is 0 Å². The molecule has 0 saturated heterocycles. The lowest BCUT2D eigenvalue weighted by Gasteiger charge is -2.43. The van der Waals surface area contributed by atoms with Gasteiger partial charge in [-0.1, -0.05) is 119 Å². The average Bonchev–Trinajstić information content (AvgIpc) is 2.72. The molecular formula is C31H48N3-. The molecule has 0 aromatic heterocycles. The zero-order valence-corrected chi connectivity index (χ0v) is 23.8. The zero-order chi connectivity index (χ0) is 25.7. The molecule has 0 radical (unpaired) electrons. The molecule has 188 valence electrons. The van der Waals surface area contributed by atoms with Crippen LogP contribution in [0.4, 0.5) is 11.4 Å². The van der Waals surface area contributed by atoms with Crippen molar-refractivity contribution in [1.82, 2.24) is 4.90 Å². The monoisotopic (exact) mass is 462 g/mol. The first-order valence-electron chi connectivity index (χ1n) is 13.2. The molecule has 0 spiro atoms. The maximum atomic E-state index is 5.42. The summed E-state index contributed by atoms with van der Waals surface area (Å²) in [6.45, 7) is 27.0. The Balaban J connectivity index is 2.87. The lowest BCUT2D eigenvalue weighted by atomic mass is 9.92. The van der Waals surface area contributed by atoms with Crippen LogP contribution in [0.3, 0.4) is 0 Å². The van der Waals surface area contributed by atoms with Gasteiger partial charge in [-0.15, -0.1) is 0 Å². The number of guanidine groups is 1. The van der Waals surface area contributed by atoms with Gasteiger partial charge in [0.2, 0.25) is 0 Å². The molecular weight excluding hydrogens is 414 g/mol. The fraction of sp³-hybridized carbons (Fsp3) is 0.581. The van der Waals surface area contributed by atoms with Crippen LogP contribution in [0.5, 0.6) is 0 Å². The summed E-state index contributed by atoms with van der Waals surface area (Å²) in [5.41, 5.74) is 7.32. The molecule has 0 unspecified atom stereocenters. The number of rotatable bonds is 8. The first-order valence-corrected chi connectivity index (χ1v) is 13.2. The van der Waals surface area contributed by atoms with Crippen LogP contribution in [0.2, 0.25) is 0 Å². The number of para-hydroxylation sites is 2. The molecule has 2 rings (SSSR count). The lowest BCUT2D eigenvalue weighted by molar-refractivity contribution is 0.293. The average molecular weight is 463 g/mol. The maximum absolute atomic E-state index is 5.42. The summed E-state index contributed by atoms with van der Waals surface area (Å²) in [6.07, 6.45) is 0. The van der Waals surface area contributed by atoms with Crippen LogP contribution >= 0.6 is 0 Å². The highest BCUT2D eigenvalue weighted by atomic mass is 15.3. The van der Waals surface area contributed by atoms with Crippen molar-refractivity contribution in [2.24, 2.45) is 4.99 Å². The van der Waals surface area contributed by atoms with Crippen LogP contribution < -0.4 is 0 Å². The number of aliphatic imine (C=N–C) groups is 1. The van der Waals surface area contributed by atoms with Gasteiger partial charge in [0.05, 0.1) is 0 Å². The van der Waals surface area contributed by atoms with E-state index in [0.717, 1.165) is 17.3 Å². The van der Waals surface area contributed by atoms with Gasteiger partial charge < -0.3 is 15.2 Å². The number of hydrogen-bond donors (Lipinski definition) is 0. The molecule has 0 aliphatic carbocycles. The first-order chi connectivity index (χ1) is 15.9. The van der Waals surface area contributed by atoms with Crippen molar-refractivity contribution < 1.29 is 0 Å². The number of hydrogen-bond acceptors (Lipinski definition) is 1. The third-order valence-electron chi connectivity index (χ3n) is 6.45. The number of nitrogens with zero attached hydrogens (tertiary/aromatic N) is 3. The topological polar surface area (TPSA) is 29.7 Å². The molecule has 0 fully saturated rings. The van der Waals surface area contributed by atoms with E-state index in [1.54, 1.807) is 0 Å². The molecule has 3 nitrogen and oxygen atoms in total. The van der Waals surface area contributed by atoms with Gasteiger partial charge in [-0.25, -0.2) is 0 Å². The molecule has 0 heterocycles. The molecule has 2 aromatic carbocycles. The second-order valence-electron chi connectivity index (χ2n) is 11.3. The summed E-state index contributed by atoms with van der Waals surface area (Å²) in [7, 11) is 0. The summed E-state index contributed by atoms with van der Waals surface area (Å²) in [5, 5.41) is 5.42. The van der Waals surface area contributed by atoms with Crippen molar-refractivity contribution >= 4 is 17.3 Å². The van der Waals surface area contributed by atoms with Crippen molar-refractivity contribution in [3.05, 3.63) is 64.0 Å². The van der Waals surface area contributed by atoms with Gasteiger partial charge in [-0.3, -0.25) is 0 Å². The van der Waals surface area contributed by atoms with Crippen LogP contribution in [0, 0.1) is 0 Å². The molecule has 0 N–H and O–H groups in total. The van der Waals surface area contributed by atoms with Gasteiger partial charge in [0.15, 0.2) is 0 Å². The predicted molar refractivity (Wildman–Crippen MR) is 151 cm³/mol. The van der Waals surface area contributed by atoms with Gasteiger partial charge >= 0.3 is 0 Å². The van der Waals surface area contributed by atoms with Gasteiger partial charge in [-0.2, -0.15) is 0 Å². The molecule has 34 heavy (non-hydrogen) atoms. The van der Waals surface area contributed by atoms with E-state index in [-0.39, 0.29) is 12.1 Å². The summed E-state index contributed by atoms with van der Waals surface area (Å²) < 4.78 is 0. The Morgan fingerprint density at radius 2 is 0.941 bits per heavy atom. The summed E-state index contributed by atoms with van der Waals surface area (Å²) in [4.78, 5) is 7.78. The molecule has 0 bridgehead atoms. The minimum atomic E-state index is 0.282. The van der Waals surface area contributed by atoms with Crippen LogP contribution in [-0.4, -0.2) is 22.9 Å². The Kier molecular flexibility index (Phi) is 9.79. The summed E-state index contributed by atoms with van der Waals surface area (Å²) in [5.74, 6) is 2.37. The SMILES string of the molecule is CC(C)c1cccc(C(C)C)c1N=C([N-]c1c(C(C)C)cccc1C(C)C)N(C(C)C)C(C)C. The Bertz CT molecular complexity index is 904. The minimum absolute atomic E-state index is 0.282. The molecule has 0 aliphatic heterocycles. The van der Waals surface area contributed by atoms with Gasteiger partial charge in [0.25, 0.3) is 0 Å². The highest BCUT2D eigenvalue weighted by molar-refractivity contribution is 6.03. The van der Waals surface area contributed by atoms with E-state index in [1.165, 1.54) is 22.3 Å². The normalized spacial score (nSPS) is 12.7. The van der Waals surface area contributed by atoms with Crippen molar-refractivity contribution in [3.63, 3.8) is 0 Å². The molecule has 3 heteroatoms. The van der Waals surface area contributed by atoms with Gasteiger partial charge in [0, 0.05) is 5.96 Å². The summed E-state index contributed by atoms with van der Waals surface area (Å²) >= 11 is 0. The quantitative estimate of drug-likeness (QED) is 0.283. The van der Waals surface area contributed by atoms with E-state index in [2.05, 4.69) is 124 Å². The first kappa shape index (κ1) is 28.0. The zero-order valence-electron chi connectivity index (χ0n) is 23.8. The Hall–Kier alpha value is -2.29. The van der Waals surface area contributed by atoms with Crippen molar-refractivity contribution in [1.29, 1.82) is 0 Å². The third-order valence-corrected chi connectivity index (χ3v) is 6.45. The van der Waals surface area contributed by atoms with E-state index in [4.69, 9.17) is 10.3 Å². The van der Waals surface area contributed by atoms with Gasteiger partial charge in [0.1, 0.15) is 0 Å². The standard InChI is InChI=1S/C31H48N3/c1-19(2)25-15-13-16-26(20(3)4)29(25)32-31(34(23(9)10)24(11)12)33-30-27(21(5)6)17-14-18-28(30)22(7)8/h13-24H,1-12H3/q-1. The largest absolute Gasteiger partial charge is 0.421 e. The fourth-order valence-corrected chi connectivity index (χ4v) is 4.68. The highest BCUT2D eigenvalue weighted by Crippen LogP contribution is 2.41. The Morgan fingerprint density at radius 1 is 0.588 bits per heavy atom. The maximum Gasteiger partial charge on any atom is 0.0191 e. The predicted octanol–water partition coefficient (Wildman–Crippen LogP) is 9.99. The highest BCUT2D eigenvalue weighted by Gasteiger charge is 2.18. The number of benzene rings is 2. The van der Waals surface area contributed by atoms with E-state index in [9.17, 15) is 0 Å². The van der Waals surface area contributed by atoms with Crippen LogP contribution in [0.25, 0.3) is 5.32 Å². The van der Waals surface area contributed by atoms with Crippen LogP contribution in [0.1, 0.15) is 129 Å². The minimum Gasteiger partial charge on any atom is -0.421 e. The second kappa shape index (κ2) is 11.9. The van der Waals surface area contributed by atoms with Crippen molar-refractivity contribution in [3.8, 4) is 0 Å². The van der Waals surface area contributed by atoms with Crippen LogP contribution in [0.15, 0.2) is 41.4 Å². The third kappa shape index (κ3) is 6.43. The Morgan fingerprint density at radius 3 is 1.26 bits per heavy atom. The molecule has 0 saturated carbocycles. The molecule has 0 aliphatic rings. The van der Waals surface area contributed by atoms with E-state index in [0.29, 0.717) is 23.7 Å². The van der Waals surface area contributed by atoms with Gasteiger partial charge in [-0.05, 0) is 69.4 Å². The lowest BCUT2D eigenvalue weighted by Crippen LogP contribution is -2.41. The van der Waals surface area contributed by atoms with Crippen molar-refractivity contribution in [2.45, 2.75) is 119 Å². The van der Waals surface area contributed by atoms with Crippen molar-refractivity contribution in [2.75, 3.05) is 0 Å². The molecule has 0 amide bonds. The second-order valence-corrected chi connectivity index (χ2v) is 11.3. The molecule has 2 aromatic rings. The summed E-state index contributed by atoms with van der Waals surface area (Å²) in [6, 6.07) is 13.8. The van der Waals surface area contributed by atoms with Crippen LogP contribution in [-0.2, 0) is 0 Å².